The monoisotopic (exact) mass is 799 g/mol. The first-order chi connectivity index (χ1) is 27.2. The van der Waals surface area contributed by atoms with E-state index < -0.39 is 12.1 Å². The third kappa shape index (κ3) is 9.66. The Labute approximate surface area is 337 Å². The number of aromatic nitrogens is 2. The van der Waals surface area contributed by atoms with Crippen LogP contribution in [0.1, 0.15) is 107 Å². The second kappa shape index (κ2) is 19.5. The van der Waals surface area contributed by atoms with E-state index in [4.69, 9.17) is 19.4 Å². The van der Waals surface area contributed by atoms with E-state index in [9.17, 15) is 19.2 Å². The molecule has 0 unspecified atom stereocenters. The second-order valence-electron chi connectivity index (χ2n) is 14.6. The molecule has 13 heteroatoms. The van der Waals surface area contributed by atoms with E-state index in [1.54, 1.807) is 22.7 Å². The highest BCUT2D eigenvalue weighted by molar-refractivity contribution is 7.15. The van der Waals surface area contributed by atoms with Gasteiger partial charge in [-0.25, -0.2) is 14.8 Å². The predicted octanol–water partition coefficient (Wildman–Crippen LogP) is 9.21. The summed E-state index contributed by atoms with van der Waals surface area (Å²) in [5.41, 5.74) is 4.34. The number of likely N-dealkylation sites (tertiary alicyclic amines) is 2. The van der Waals surface area contributed by atoms with Crippen LogP contribution in [0.4, 0.5) is 4.79 Å². The first kappa shape index (κ1) is 41.0. The Hall–Kier alpha value is -4.62. The molecule has 4 heterocycles. The number of nitrogens with one attached hydrogen (secondary N) is 1. The number of benzene rings is 2. The highest BCUT2D eigenvalue weighted by atomic mass is 32.1. The van der Waals surface area contributed by atoms with Gasteiger partial charge < -0.3 is 24.6 Å². The number of esters is 1. The summed E-state index contributed by atoms with van der Waals surface area (Å²) in [7, 11) is 2.69. The topological polar surface area (TPSA) is 131 Å². The van der Waals surface area contributed by atoms with Gasteiger partial charge in [-0.05, 0) is 60.8 Å². The molecule has 4 atom stereocenters. The molecule has 2 fully saturated rings. The highest BCUT2D eigenvalue weighted by Gasteiger charge is 2.37. The summed E-state index contributed by atoms with van der Waals surface area (Å²) in [6, 6.07) is 16.2. The summed E-state index contributed by atoms with van der Waals surface area (Å²) in [6.07, 6.45) is 11.7. The van der Waals surface area contributed by atoms with E-state index in [-0.39, 0.29) is 42.2 Å². The highest BCUT2D eigenvalue weighted by Crippen LogP contribution is 2.40. The maximum Gasteiger partial charge on any atom is 0.407 e. The predicted molar refractivity (Wildman–Crippen MR) is 220 cm³/mol. The van der Waals surface area contributed by atoms with Crippen molar-refractivity contribution in [2.24, 2.45) is 5.92 Å². The Balaban J connectivity index is 1.10. The van der Waals surface area contributed by atoms with Crippen molar-refractivity contribution in [3.05, 3.63) is 70.9 Å². The van der Waals surface area contributed by atoms with Gasteiger partial charge in [-0.2, -0.15) is 0 Å². The first-order valence-electron chi connectivity index (χ1n) is 19.9. The number of carbonyl (C=O) groups is 4. The smallest absolute Gasteiger partial charge is 0.407 e. The lowest BCUT2D eigenvalue weighted by Crippen LogP contribution is -2.48. The standard InChI is InChI=1S/C43H53N5O6S2/c1-5-7-11-32(25-38(49)53-3)41(50)47-23-9-13-34(47)39-44-26-36(55-39)30-19-15-28(16-20-30)29-17-21-31(22-18-29)37-27-45-40(56-37)35-14-10-24-48(35)42(51)33(12-8-6-2)46-43(52)54-4/h15-22,26-27,32-35H,5-14,23-25H2,1-4H3,(H,46,52)/t32-,33+,34+,35+/m1/s1. The van der Waals surface area contributed by atoms with E-state index >= 15 is 0 Å². The summed E-state index contributed by atoms with van der Waals surface area (Å²) >= 11 is 3.24. The molecule has 2 aliphatic heterocycles. The van der Waals surface area contributed by atoms with Crippen molar-refractivity contribution in [2.75, 3.05) is 27.3 Å². The lowest BCUT2D eigenvalue weighted by atomic mass is 9.96. The molecule has 56 heavy (non-hydrogen) atoms. The normalized spacial score (nSPS) is 17.8. The van der Waals surface area contributed by atoms with E-state index in [1.807, 2.05) is 22.2 Å². The fourth-order valence-corrected chi connectivity index (χ4v) is 9.87. The number of unbranched alkanes of at least 4 members (excludes halogenated alkanes) is 2. The van der Waals surface area contributed by atoms with Crippen molar-refractivity contribution >= 4 is 46.6 Å². The molecule has 3 amide bonds. The molecular formula is C43H53N5O6S2. The Morgan fingerprint density at radius 2 is 1.20 bits per heavy atom. The number of ether oxygens (including phenoxy) is 2. The molecule has 0 spiro atoms. The van der Waals surface area contributed by atoms with Gasteiger partial charge in [-0.3, -0.25) is 14.4 Å². The maximum absolute atomic E-state index is 13.7. The van der Waals surface area contributed by atoms with Crippen molar-refractivity contribution < 1.29 is 28.7 Å². The van der Waals surface area contributed by atoms with Gasteiger partial charge >= 0.3 is 12.1 Å². The Morgan fingerprint density at radius 3 is 1.68 bits per heavy atom. The van der Waals surface area contributed by atoms with Crippen molar-refractivity contribution in [2.45, 2.75) is 103 Å². The van der Waals surface area contributed by atoms with Crippen molar-refractivity contribution in [3.8, 4) is 32.0 Å². The largest absolute Gasteiger partial charge is 0.469 e. The molecule has 1 N–H and O–H groups in total. The average molecular weight is 800 g/mol. The minimum absolute atomic E-state index is 0.0314. The number of alkyl carbamates (subject to hydrolysis) is 1. The minimum Gasteiger partial charge on any atom is -0.469 e. The molecule has 2 aromatic carbocycles. The van der Waals surface area contributed by atoms with E-state index in [0.29, 0.717) is 25.9 Å². The van der Waals surface area contributed by atoms with E-state index in [0.717, 1.165) is 93.4 Å². The number of carbonyl (C=O) groups excluding carboxylic acids is 4. The third-order valence-electron chi connectivity index (χ3n) is 10.9. The summed E-state index contributed by atoms with van der Waals surface area (Å²) in [5, 5.41) is 4.59. The van der Waals surface area contributed by atoms with Crippen molar-refractivity contribution in [1.82, 2.24) is 25.1 Å². The molecular weight excluding hydrogens is 747 g/mol. The number of hydrogen-bond acceptors (Lipinski definition) is 10. The lowest BCUT2D eigenvalue weighted by Gasteiger charge is -2.28. The lowest BCUT2D eigenvalue weighted by molar-refractivity contribution is -0.147. The molecule has 2 aromatic heterocycles. The average Bonchev–Trinajstić information content (AvgIpc) is 4.07. The van der Waals surface area contributed by atoms with Gasteiger partial charge in [0.2, 0.25) is 11.8 Å². The summed E-state index contributed by atoms with van der Waals surface area (Å²) in [6.45, 7) is 5.47. The molecule has 6 rings (SSSR count). The summed E-state index contributed by atoms with van der Waals surface area (Å²) < 4.78 is 9.70. The third-order valence-corrected chi connectivity index (χ3v) is 13.2. The molecule has 2 saturated heterocycles. The van der Waals surface area contributed by atoms with Crippen LogP contribution in [0.3, 0.4) is 0 Å². The van der Waals surface area contributed by atoms with Crippen LogP contribution in [-0.4, -0.2) is 77.0 Å². The van der Waals surface area contributed by atoms with Crippen LogP contribution in [-0.2, 0) is 23.9 Å². The zero-order chi connectivity index (χ0) is 39.6. The van der Waals surface area contributed by atoms with Crippen LogP contribution < -0.4 is 5.32 Å². The van der Waals surface area contributed by atoms with Crippen LogP contribution >= 0.6 is 22.7 Å². The van der Waals surface area contributed by atoms with Crippen LogP contribution in [0.15, 0.2) is 60.9 Å². The second-order valence-corrected chi connectivity index (χ2v) is 16.7. The number of thiazole rings is 2. The number of hydrogen-bond donors (Lipinski definition) is 1. The van der Waals surface area contributed by atoms with Crippen LogP contribution in [0.2, 0.25) is 0 Å². The van der Waals surface area contributed by atoms with Gasteiger partial charge in [0.05, 0.1) is 42.5 Å². The van der Waals surface area contributed by atoms with Crippen LogP contribution in [0.5, 0.6) is 0 Å². The Kier molecular flexibility index (Phi) is 14.3. The van der Waals surface area contributed by atoms with E-state index in [1.165, 1.54) is 14.2 Å². The van der Waals surface area contributed by atoms with Gasteiger partial charge in [0, 0.05) is 31.4 Å². The van der Waals surface area contributed by atoms with Crippen molar-refractivity contribution in [1.29, 1.82) is 0 Å². The van der Waals surface area contributed by atoms with E-state index in [2.05, 4.69) is 67.7 Å². The zero-order valence-corrected chi connectivity index (χ0v) is 34.5. The molecule has 0 bridgehead atoms. The molecule has 298 valence electrons. The first-order valence-corrected chi connectivity index (χ1v) is 21.5. The molecule has 11 nitrogen and oxygen atoms in total. The van der Waals surface area contributed by atoms with Gasteiger partial charge in [-0.1, -0.05) is 88.1 Å². The summed E-state index contributed by atoms with van der Waals surface area (Å²) in [5.74, 6) is -0.752. The van der Waals surface area contributed by atoms with Gasteiger partial charge in [0.25, 0.3) is 0 Å². The Morgan fingerprint density at radius 1 is 0.714 bits per heavy atom. The number of rotatable bonds is 16. The van der Waals surface area contributed by atoms with Crippen molar-refractivity contribution in [3.63, 3.8) is 0 Å². The molecule has 0 aliphatic carbocycles. The van der Waals surface area contributed by atoms with Gasteiger partial charge in [-0.15, -0.1) is 22.7 Å². The Bertz CT molecular complexity index is 1800. The maximum atomic E-state index is 13.7. The number of methoxy groups -OCH3 is 2. The molecule has 0 saturated carbocycles. The molecule has 4 aromatic rings. The number of amides is 3. The summed E-state index contributed by atoms with van der Waals surface area (Å²) in [4.78, 5) is 66.9. The van der Waals surface area contributed by atoms with Gasteiger partial charge in [0.1, 0.15) is 16.1 Å². The SMILES string of the molecule is CCCC[C@H](CC(=O)OC)C(=O)N1CCC[C@H]1c1ncc(-c2ccc(-c3ccc(-c4cnc([C@@H]5CCCN5C(=O)[C@H](CCCC)NC(=O)OC)s4)cc3)cc2)s1. The molecule has 2 aliphatic rings. The van der Waals surface area contributed by atoms with Gasteiger partial charge in [0.15, 0.2) is 0 Å². The fraction of sp³-hybridized carbons (Fsp3) is 0.488. The fourth-order valence-electron chi connectivity index (χ4n) is 7.73. The zero-order valence-electron chi connectivity index (χ0n) is 32.8. The molecule has 0 radical (unpaired) electrons. The quantitative estimate of drug-likeness (QED) is 0.111. The number of nitrogens with zero attached hydrogens (tertiary/aromatic N) is 4. The van der Waals surface area contributed by atoms with Crippen LogP contribution in [0, 0.1) is 5.92 Å². The minimum atomic E-state index is -0.613. The van der Waals surface area contributed by atoms with Crippen LogP contribution in [0.25, 0.3) is 32.0 Å².